The average Bonchev–Trinajstić information content (AvgIpc) is 2.38. The van der Waals surface area contributed by atoms with Crippen molar-refractivity contribution in [3.05, 3.63) is 35.4 Å². The normalized spacial score (nSPS) is 12.5. The minimum absolute atomic E-state index is 0.0840. The first-order valence-corrected chi connectivity index (χ1v) is 7.07. The number of carbonyl (C=O) groups is 2. The maximum Gasteiger partial charge on any atom is 0.335 e. The molecular weight excluding hydrogens is 268 g/mol. The van der Waals surface area contributed by atoms with Crippen LogP contribution in [-0.4, -0.2) is 48.6 Å². The third-order valence-corrected chi connectivity index (χ3v) is 3.54. The average molecular weight is 292 g/mol. The van der Waals surface area contributed by atoms with Gasteiger partial charge in [0.15, 0.2) is 0 Å². The van der Waals surface area contributed by atoms with Gasteiger partial charge in [0, 0.05) is 12.6 Å². The van der Waals surface area contributed by atoms with Gasteiger partial charge < -0.3 is 15.3 Å². The summed E-state index contributed by atoms with van der Waals surface area (Å²) in [7, 11) is 3.97. The summed E-state index contributed by atoms with van der Waals surface area (Å²) >= 11 is 0. The number of carboxylic acid groups (broad SMARTS) is 1. The Morgan fingerprint density at radius 2 is 1.86 bits per heavy atom. The maximum atomic E-state index is 12.0. The molecule has 21 heavy (non-hydrogen) atoms. The van der Waals surface area contributed by atoms with Crippen LogP contribution in [0, 0.1) is 5.92 Å². The SMILES string of the molecule is CC(C)C(CNC(=O)Cc1ccccc1C(=O)O)N(C)C. The van der Waals surface area contributed by atoms with Crippen molar-refractivity contribution >= 4 is 11.9 Å². The van der Waals surface area contributed by atoms with Crippen molar-refractivity contribution < 1.29 is 14.7 Å². The van der Waals surface area contributed by atoms with Crippen LogP contribution < -0.4 is 5.32 Å². The number of likely N-dealkylation sites (N-methyl/N-ethyl adjacent to an activating group) is 1. The number of nitrogens with zero attached hydrogens (tertiary/aromatic N) is 1. The Bertz CT molecular complexity index is 490. The molecule has 0 heterocycles. The van der Waals surface area contributed by atoms with E-state index in [9.17, 15) is 9.59 Å². The number of hydrogen-bond donors (Lipinski definition) is 2. The molecule has 0 spiro atoms. The summed E-state index contributed by atoms with van der Waals surface area (Å²) in [6, 6.07) is 6.84. The molecule has 5 heteroatoms. The van der Waals surface area contributed by atoms with Crippen LogP contribution in [0.5, 0.6) is 0 Å². The Morgan fingerprint density at radius 1 is 1.24 bits per heavy atom. The van der Waals surface area contributed by atoms with E-state index in [4.69, 9.17) is 5.11 Å². The third-order valence-electron chi connectivity index (χ3n) is 3.54. The molecule has 1 aromatic rings. The van der Waals surface area contributed by atoms with Gasteiger partial charge in [-0.15, -0.1) is 0 Å². The van der Waals surface area contributed by atoms with Gasteiger partial charge in [0.1, 0.15) is 0 Å². The number of aromatic carboxylic acids is 1. The molecule has 0 fully saturated rings. The lowest BCUT2D eigenvalue weighted by molar-refractivity contribution is -0.120. The molecule has 5 nitrogen and oxygen atoms in total. The number of nitrogens with one attached hydrogen (secondary N) is 1. The lowest BCUT2D eigenvalue weighted by Crippen LogP contribution is -2.43. The van der Waals surface area contributed by atoms with Crippen molar-refractivity contribution in [2.75, 3.05) is 20.6 Å². The number of carbonyl (C=O) groups excluding carboxylic acids is 1. The van der Waals surface area contributed by atoms with E-state index >= 15 is 0 Å². The van der Waals surface area contributed by atoms with Crippen LogP contribution in [0.25, 0.3) is 0 Å². The number of benzene rings is 1. The zero-order chi connectivity index (χ0) is 16.0. The van der Waals surface area contributed by atoms with Gasteiger partial charge in [-0.3, -0.25) is 4.79 Å². The first-order valence-electron chi connectivity index (χ1n) is 7.07. The van der Waals surface area contributed by atoms with E-state index in [2.05, 4.69) is 24.1 Å². The molecular formula is C16H24N2O3. The molecule has 0 aliphatic heterocycles. The smallest absolute Gasteiger partial charge is 0.335 e. The van der Waals surface area contributed by atoms with Crippen molar-refractivity contribution in [2.24, 2.45) is 5.92 Å². The Kier molecular flexibility index (Phi) is 6.37. The second-order valence-electron chi connectivity index (χ2n) is 5.72. The predicted octanol–water partition coefficient (Wildman–Crippen LogP) is 1.63. The van der Waals surface area contributed by atoms with Crippen LogP contribution in [0.4, 0.5) is 0 Å². The minimum Gasteiger partial charge on any atom is -0.478 e. The summed E-state index contributed by atoms with van der Waals surface area (Å²) in [4.78, 5) is 25.2. The first kappa shape index (κ1) is 17.2. The van der Waals surface area contributed by atoms with E-state index in [1.807, 2.05) is 14.1 Å². The monoisotopic (exact) mass is 292 g/mol. The van der Waals surface area contributed by atoms with Gasteiger partial charge in [-0.05, 0) is 31.6 Å². The fraction of sp³-hybridized carbons (Fsp3) is 0.500. The summed E-state index contributed by atoms with van der Waals surface area (Å²) in [5.41, 5.74) is 0.717. The Hall–Kier alpha value is -1.88. The molecule has 1 rings (SSSR count). The molecule has 1 atom stereocenters. The maximum absolute atomic E-state index is 12.0. The topological polar surface area (TPSA) is 69.6 Å². The van der Waals surface area contributed by atoms with Crippen LogP contribution in [0.3, 0.4) is 0 Å². The molecule has 1 unspecified atom stereocenters. The number of amides is 1. The zero-order valence-electron chi connectivity index (χ0n) is 13.1. The molecule has 0 aliphatic rings. The van der Waals surface area contributed by atoms with Gasteiger partial charge >= 0.3 is 5.97 Å². The Labute approximate surface area is 126 Å². The van der Waals surface area contributed by atoms with Gasteiger partial charge in [0.05, 0.1) is 12.0 Å². The van der Waals surface area contributed by atoms with E-state index < -0.39 is 5.97 Å². The zero-order valence-corrected chi connectivity index (χ0v) is 13.1. The van der Waals surface area contributed by atoms with Gasteiger partial charge in [-0.25, -0.2) is 4.79 Å². The van der Waals surface area contributed by atoms with Crippen molar-refractivity contribution in [3.8, 4) is 0 Å². The molecule has 0 aliphatic carbocycles. The lowest BCUT2D eigenvalue weighted by atomic mass is 10.0. The lowest BCUT2D eigenvalue weighted by Gasteiger charge is -2.28. The molecule has 0 radical (unpaired) electrons. The van der Waals surface area contributed by atoms with Gasteiger partial charge in [0.25, 0.3) is 0 Å². The first-order chi connectivity index (χ1) is 9.82. The van der Waals surface area contributed by atoms with Gasteiger partial charge in [-0.2, -0.15) is 0 Å². The summed E-state index contributed by atoms with van der Waals surface area (Å²) < 4.78 is 0. The van der Waals surface area contributed by atoms with Crippen LogP contribution >= 0.6 is 0 Å². The van der Waals surface area contributed by atoms with E-state index in [0.717, 1.165) is 0 Å². The fourth-order valence-corrected chi connectivity index (χ4v) is 2.35. The van der Waals surface area contributed by atoms with Crippen LogP contribution in [0.2, 0.25) is 0 Å². The molecule has 0 bridgehead atoms. The molecule has 1 amide bonds. The highest BCUT2D eigenvalue weighted by Gasteiger charge is 2.17. The fourth-order valence-electron chi connectivity index (χ4n) is 2.35. The largest absolute Gasteiger partial charge is 0.478 e. The molecule has 2 N–H and O–H groups in total. The van der Waals surface area contributed by atoms with Crippen molar-refractivity contribution in [2.45, 2.75) is 26.3 Å². The Morgan fingerprint density at radius 3 is 2.38 bits per heavy atom. The van der Waals surface area contributed by atoms with E-state index in [-0.39, 0.29) is 23.9 Å². The van der Waals surface area contributed by atoms with Crippen molar-refractivity contribution in [3.63, 3.8) is 0 Å². The Balaban J connectivity index is 2.64. The highest BCUT2D eigenvalue weighted by molar-refractivity contribution is 5.91. The van der Waals surface area contributed by atoms with Crippen molar-refractivity contribution in [1.29, 1.82) is 0 Å². The summed E-state index contributed by atoms with van der Waals surface area (Å²) in [5, 5.41) is 12.0. The molecule has 0 aromatic heterocycles. The highest BCUT2D eigenvalue weighted by Crippen LogP contribution is 2.10. The van der Waals surface area contributed by atoms with Gasteiger partial charge in [0.2, 0.25) is 5.91 Å². The molecule has 1 aromatic carbocycles. The quantitative estimate of drug-likeness (QED) is 0.801. The minimum atomic E-state index is -1.01. The standard InChI is InChI=1S/C16H24N2O3/c1-11(2)14(18(3)4)10-17-15(19)9-12-7-5-6-8-13(12)16(20)21/h5-8,11,14H,9-10H2,1-4H3,(H,17,19)(H,20,21). The summed E-state index contributed by atoms with van der Waals surface area (Å²) in [6.45, 7) is 4.77. The van der Waals surface area contributed by atoms with E-state index in [0.29, 0.717) is 18.0 Å². The molecule has 116 valence electrons. The second-order valence-corrected chi connectivity index (χ2v) is 5.72. The number of hydrogen-bond acceptors (Lipinski definition) is 3. The predicted molar refractivity (Wildman–Crippen MR) is 82.4 cm³/mol. The highest BCUT2D eigenvalue weighted by atomic mass is 16.4. The summed E-state index contributed by atoms with van der Waals surface area (Å²) in [5.74, 6) is -0.741. The number of rotatable bonds is 7. The summed E-state index contributed by atoms with van der Waals surface area (Å²) in [6.07, 6.45) is 0.0840. The second kappa shape index (κ2) is 7.78. The van der Waals surface area contributed by atoms with E-state index in [1.54, 1.807) is 18.2 Å². The molecule has 0 saturated carbocycles. The number of carboxylic acids is 1. The third kappa shape index (κ3) is 5.19. The van der Waals surface area contributed by atoms with Crippen LogP contribution in [-0.2, 0) is 11.2 Å². The van der Waals surface area contributed by atoms with E-state index in [1.165, 1.54) is 6.07 Å². The van der Waals surface area contributed by atoms with Crippen LogP contribution in [0.1, 0.15) is 29.8 Å². The van der Waals surface area contributed by atoms with Gasteiger partial charge in [-0.1, -0.05) is 32.0 Å². The van der Waals surface area contributed by atoms with Crippen molar-refractivity contribution in [1.82, 2.24) is 10.2 Å². The van der Waals surface area contributed by atoms with Crippen LogP contribution in [0.15, 0.2) is 24.3 Å². The molecule has 0 saturated heterocycles.